The Balaban J connectivity index is 1.34. The number of H-pyrrole nitrogens is 1. The topological polar surface area (TPSA) is 110 Å². The van der Waals surface area contributed by atoms with Gasteiger partial charge < -0.3 is 20.2 Å². The molecule has 152 valence electrons. The van der Waals surface area contributed by atoms with E-state index < -0.39 is 11.0 Å². The predicted octanol–water partition coefficient (Wildman–Crippen LogP) is 4.18. The van der Waals surface area contributed by atoms with Crippen LogP contribution < -0.4 is 5.32 Å². The summed E-state index contributed by atoms with van der Waals surface area (Å²) in [6.45, 7) is 2.03. The minimum atomic E-state index is -0.547. The Hall–Kier alpha value is -3.94. The number of fused-ring (bicyclic) bond motifs is 3. The Kier molecular flexibility index (Phi) is 5.30. The van der Waals surface area contributed by atoms with E-state index in [-0.39, 0.29) is 30.6 Å². The van der Waals surface area contributed by atoms with Crippen molar-refractivity contribution in [2.75, 3.05) is 13.2 Å². The number of alkyl carbamates (subject to hydrolysis) is 1. The summed E-state index contributed by atoms with van der Waals surface area (Å²) in [4.78, 5) is 29.2. The number of nitrogens with zero attached hydrogens (tertiary/aromatic N) is 2. The molecule has 8 heteroatoms. The van der Waals surface area contributed by atoms with Crippen molar-refractivity contribution in [3.8, 4) is 11.1 Å². The molecule has 0 saturated heterocycles. The SMILES string of the molecule is Cc1nc(C=CCNC(=O)OCC2c3ccccc3-c3ccccc32)c([N+](=O)[O-])[nH]1. The van der Waals surface area contributed by atoms with Crippen molar-refractivity contribution in [2.24, 2.45) is 0 Å². The third-order valence-corrected chi connectivity index (χ3v) is 5.00. The Morgan fingerprint density at radius 2 is 1.83 bits per heavy atom. The fourth-order valence-electron chi connectivity index (χ4n) is 3.71. The lowest BCUT2D eigenvalue weighted by Gasteiger charge is -2.14. The fourth-order valence-corrected chi connectivity index (χ4v) is 3.71. The van der Waals surface area contributed by atoms with Gasteiger partial charge in [0.25, 0.3) is 0 Å². The van der Waals surface area contributed by atoms with Gasteiger partial charge in [-0.1, -0.05) is 54.6 Å². The molecule has 2 N–H and O–H groups in total. The van der Waals surface area contributed by atoms with Crippen molar-refractivity contribution < 1.29 is 14.5 Å². The van der Waals surface area contributed by atoms with Gasteiger partial charge in [0.15, 0.2) is 11.5 Å². The molecule has 0 radical (unpaired) electrons. The van der Waals surface area contributed by atoms with Gasteiger partial charge in [-0.2, -0.15) is 0 Å². The molecule has 2 aromatic carbocycles. The van der Waals surface area contributed by atoms with E-state index in [1.807, 2.05) is 24.3 Å². The lowest BCUT2D eigenvalue weighted by atomic mass is 9.98. The molecule has 1 aromatic heterocycles. The number of nitrogens with one attached hydrogen (secondary N) is 2. The zero-order valence-electron chi connectivity index (χ0n) is 16.3. The molecule has 8 nitrogen and oxygen atoms in total. The number of nitro groups is 1. The number of aryl methyl sites for hydroxylation is 1. The maximum Gasteiger partial charge on any atom is 0.407 e. The summed E-state index contributed by atoms with van der Waals surface area (Å²) in [5, 5.41) is 13.6. The van der Waals surface area contributed by atoms with Crippen LogP contribution in [0.3, 0.4) is 0 Å². The maximum atomic E-state index is 12.1. The van der Waals surface area contributed by atoms with E-state index in [0.717, 1.165) is 11.1 Å². The second kappa shape index (κ2) is 8.20. The van der Waals surface area contributed by atoms with Gasteiger partial charge in [0.05, 0.1) is 0 Å². The standard InChI is InChI=1S/C22H20N4O4/c1-14-24-20(21(25-14)26(28)29)11-6-12-23-22(27)30-13-19-17-9-4-2-7-15(17)16-8-3-5-10-18(16)19/h2-11,19H,12-13H2,1H3,(H,23,27)(H,24,25). The van der Waals surface area contributed by atoms with Crippen molar-refractivity contribution in [1.29, 1.82) is 0 Å². The molecule has 1 aliphatic rings. The van der Waals surface area contributed by atoms with Crippen LogP contribution in [0.1, 0.15) is 28.6 Å². The van der Waals surface area contributed by atoms with Gasteiger partial charge in [-0.05, 0) is 33.3 Å². The number of hydrogen-bond donors (Lipinski definition) is 2. The van der Waals surface area contributed by atoms with E-state index in [1.54, 1.807) is 13.0 Å². The molecule has 1 heterocycles. The summed E-state index contributed by atoms with van der Waals surface area (Å²) in [5.74, 6) is 0.268. The molecule has 3 aromatic rings. The molecule has 0 spiro atoms. The first kappa shape index (κ1) is 19.4. The first-order valence-electron chi connectivity index (χ1n) is 9.51. The first-order valence-corrected chi connectivity index (χ1v) is 9.51. The van der Waals surface area contributed by atoms with E-state index in [0.29, 0.717) is 5.82 Å². The van der Waals surface area contributed by atoms with E-state index >= 15 is 0 Å². The van der Waals surface area contributed by atoms with Crippen LogP contribution in [0, 0.1) is 17.0 Å². The van der Waals surface area contributed by atoms with Gasteiger partial charge >= 0.3 is 11.9 Å². The number of hydrogen-bond acceptors (Lipinski definition) is 5. The van der Waals surface area contributed by atoms with Crippen LogP contribution in [-0.2, 0) is 4.74 Å². The predicted molar refractivity (Wildman–Crippen MR) is 112 cm³/mol. The molecular formula is C22H20N4O4. The van der Waals surface area contributed by atoms with Gasteiger partial charge in [-0.25, -0.2) is 14.8 Å². The van der Waals surface area contributed by atoms with Crippen molar-refractivity contribution in [1.82, 2.24) is 15.3 Å². The molecule has 0 atom stereocenters. The van der Waals surface area contributed by atoms with E-state index in [1.165, 1.54) is 17.2 Å². The van der Waals surface area contributed by atoms with Crippen LogP contribution >= 0.6 is 0 Å². The molecule has 1 amide bonds. The highest BCUT2D eigenvalue weighted by Crippen LogP contribution is 2.44. The van der Waals surface area contributed by atoms with Crippen molar-refractivity contribution in [2.45, 2.75) is 12.8 Å². The highest BCUT2D eigenvalue weighted by atomic mass is 16.6. The number of amides is 1. The molecule has 0 fully saturated rings. The number of benzene rings is 2. The second-order valence-electron chi connectivity index (χ2n) is 6.92. The Labute approximate surface area is 172 Å². The number of imidazole rings is 1. The highest BCUT2D eigenvalue weighted by molar-refractivity contribution is 5.79. The summed E-state index contributed by atoms with van der Waals surface area (Å²) >= 11 is 0. The third kappa shape index (κ3) is 3.80. The van der Waals surface area contributed by atoms with Crippen molar-refractivity contribution in [3.05, 3.63) is 87.4 Å². The number of ether oxygens (including phenoxy) is 1. The fraction of sp³-hybridized carbons (Fsp3) is 0.182. The Bertz CT molecular complexity index is 1090. The van der Waals surface area contributed by atoms with Crippen LogP contribution in [0.15, 0.2) is 54.6 Å². The lowest BCUT2D eigenvalue weighted by Crippen LogP contribution is -2.26. The molecule has 0 bridgehead atoms. The lowest BCUT2D eigenvalue weighted by molar-refractivity contribution is -0.389. The highest BCUT2D eigenvalue weighted by Gasteiger charge is 2.28. The minimum Gasteiger partial charge on any atom is -0.449 e. The second-order valence-corrected chi connectivity index (χ2v) is 6.92. The normalized spacial score (nSPS) is 12.6. The maximum absolute atomic E-state index is 12.1. The molecule has 0 saturated carbocycles. The summed E-state index contributed by atoms with van der Waals surface area (Å²) in [5.41, 5.74) is 4.84. The van der Waals surface area contributed by atoms with Gasteiger partial charge in [0.2, 0.25) is 0 Å². The van der Waals surface area contributed by atoms with Crippen molar-refractivity contribution in [3.63, 3.8) is 0 Å². The summed E-state index contributed by atoms with van der Waals surface area (Å²) in [6.07, 6.45) is 2.53. The largest absolute Gasteiger partial charge is 0.449 e. The molecule has 0 unspecified atom stereocenters. The zero-order chi connectivity index (χ0) is 21.1. The number of aromatic amines is 1. The van der Waals surface area contributed by atoms with Crippen molar-refractivity contribution >= 4 is 18.0 Å². The van der Waals surface area contributed by atoms with Gasteiger partial charge in [0, 0.05) is 19.4 Å². The van der Waals surface area contributed by atoms with E-state index in [9.17, 15) is 14.9 Å². The van der Waals surface area contributed by atoms with Crippen LogP contribution in [0.4, 0.5) is 10.6 Å². The average molecular weight is 404 g/mol. The average Bonchev–Trinajstić information content (AvgIpc) is 3.27. The van der Waals surface area contributed by atoms with E-state index in [4.69, 9.17) is 4.74 Å². The van der Waals surface area contributed by atoms with Gasteiger partial charge in [0.1, 0.15) is 6.61 Å². The van der Waals surface area contributed by atoms with Crippen LogP contribution in [0.2, 0.25) is 0 Å². The number of rotatable bonds is 6. The molecule has 30 heavy (non-hydrogen) atoms. The summed E-state index contributed by atoms with van der Waals surface area (Å²) < 4.78 is 5.44. The van der Waals surface area contributed by atoms with Crippen LogP contribution in [0.5, 0.6) is 0 Å². The first-order chi connectivity index (χ1) is 14.5. The molecular weight excluding hydrogens is 384 g/mol. The Morgan fingerprint density at radius 1 is 1.20 bits per heavy atom. The number of carbonyl (C=O) groups excluding carboxylic acids is 1. The number of carbonyl (C=O) groups is 1. The smallest absolute Gasteiger partial charge is 0.407 e. The third-order valence-electron chi connectivity index (χ3n) is 5.00. The van der Waals surface area contributed by atoms with Crippen LogP contribution in [0.25, 0.3) is 17.2 Å². The van der Waals surface area contributed by atoms with E-state index in [2.05, 4.69) is 39.6 Å². The molecule has 4 rings (SSSR count). The molecule has 1 aliphatic carbocycles. The number of aromatic nitrogens is 2. The van der Waals surface area contributed by atoms with Gasteiger partial charge in [-0.3, -0.25) is 0 Å². The van der Waals surface area contributed by atoms with Crippen LogP contribution in [-0.4, -0.2) is 34.1 Å². The minimum absolute atomic E-state index is 0.00614. The Morgan fingerprint density at radius 3 is 2.47 bits per heavy atom. The van der Waals surface area contributed by atoms with Gasteiger partial charge in [-0.15, -0.1) is 0 Å². The quantitative estimate of drug-likeness (QED) is 0.473. The monoisotopic (exact) mass is 404 g/mol. The molecule has 0 aliphatic heterocycles. The zero-order valence-corrected chi connectivity index (χ0v) is 16.3. The summed E-state index contributed by atoms with van der Waals surface area (Å²) in [6, 6.07) is 16.2. The summed E-state index contributed by atoms with van der Waals surface area (Å²) in [7, 11) is 0.